The normalized spacial score (nSPS) is 11.3. The first-order valence-electron chi connectivity index (χ1n) is 6.72. The molecule has 0 bridgehead atoms. The van der Waals surface area contributed by atoms with Gasteiger partial charge in [0, 0.05) is 12.6 Å². The number of aromatic amines is 1. The average molecular weight is 267 g/mol. The molecule has 0 aliphatic carbocycles. The van der Waals surface area contributed by atoms with Gasteiger partial charge >= 0.3 is 0 Å². The van der Waals surface area contributed by atoms with Crippen LogP contribution in [-0.2, 0) is 0 Å². The van der Waals surface area contributed by atoms with Gasteiger partial charge in [0.1, 0.15) is 0 Å². The third-order valence-electron chi connectivity index (χ3n) is 3.31. The number of nitrogens with two attached hydrogens (primary N) is 1. The molecule has 0 atom stereocenters. The molecule has 1 rings (SSSR count). The van der Waals surface area contributed by atoms with Gasteiger partial charge < -0.3 is 16.0 Å². The molecule has 0 spiro atoms. The molecular formula is C13H25N5O. The summed E-state index contributed by atoms with van der Waals surface area (Å²) in [6.45, 7) is 7.82. The highest BCUT2D eigenvalue weighted by atomic mass is 16.1. The molecule has 1 aromatic rings. The van der Waals surface area contributed by atoms with Crippen molar-refractivity contribution in [3.05, 3.63) is 11.4 Å². The number of nitrogens with zero attached hydrogens (tertiary/aromatic N) is 2. The van der Waals surface area contributed by atoms with Crippen LogP contribution in [0.2, 0.25) is 0 Å². The van der Waals surface area contributed by atoms with E-state index in [0.717, 1.165) is 25.1 Å². The fourth-order valence-corrected chi connectivity index (χ4v) is 1.64. The van der Waals surface area contributed by atoms with Crippen LogP contribution < -0.4 is 11.1 Å². The molecule has 1 amide bonds. The third-order valence-corrected chi connectivity index (χ3v) is 3.31. The van der Waals surface area contributed by atoms with Gasteiger partial charge in [-0.1, -0.05) is 0 Å². The van der Waals surface area contributed by atoms with Crippen molar-refractivity contribution in [3.63, 3.8) is 0 Å². The molecule has 0 saturated carbocycles. The molecule has 0 unspecified atom stereocenters. The molecule has 0 aliphatic heterocycles. The summed E-state index contributed by atoms with van der Waals surface area (Å²) in [5, 5.41) is 9.44. The number of amides is 1. The van der Waals surface area contributed by atoms with Crippen LogP contribution in [0.3, 0.4) is 0 Å². The molecule has 6 nitrogen and oxygen atoms in total. The number of carbonyl (C=O) groups excluding carboxylic acids is 1. The Morgan fingerprint density at radius 1 is 1.47 bits per heavy atom. The van der Waals surface area contributed by atoms with E-state index in [1.54, 1.807) is 6.92 Å². The highest BCUT2D eigenvalue weighted by Gasteiger charge is 2.14. The van der Waals surface area contributed by atoms with Crippen LogP contribution >= 0.6 is 0 Å². The molecule has 0 fully saturated rings. The number of hydrogen-bond donors (Lipinski definition) is 3. The van der Waals surface area contributed by atoms with E-state index in [1.807, 2.05) is 0 Å². The number of aromatic nitrogens is 2. The van der Waals surface area contributed by atoms with Gasteiger partial charge in [0.15, 0.2) is 5.69 Å². The largest absolute Gasteiger partial charge is 0.395 e. The molecule has 0 aliphatic rings. The number of hydrogen-bond acceptors (Lipinski definition) is 4. The average Bonchev–Trinajstić information content (AvgIpc) is 2.69. The van der Waals surface area contributed by atoms with Gasteiger partial charge in [-0.2, -0.15) is 5.10 Å². The number of H-pyrrole nitrogens is 1. The zero-order chi connectivity index (χ0) is 14.4. The van der Waals surface area contributed by atoms with Crippen molar-refractivity contribution in [2.45, 2.75) is 39.7 Å². The highest BCUT2D eigenvalue weighted by molar-refractivity contribution is 5.97. The first kappa shape index (κ1) is 15.5. The molecule has 6 heteroatoms. The lowest BCUT2D eigenvalue weighted by atomic mass is 10.2. The maximum Gasteiger partial charge on any atom is 0.273 e. The van der Waals surface area contributed by atoms with E-state index in [1.165, 1.54) is 0 Å². The number of nitrogen functional groups attached to an aromatic ring is 1. The minimum atomic E-state index is -0.209. The van der Waals surface area contributed by atoms with Crippen molar-refractivity contribution >= 4 is 11.6 Å². The third kappa shape index (κ3) is 4.55. The second kappa shape index (κ2) is 7.13. The van der Waals surface area contributed by atoms with Gasteiger partial charge in [0.2, 0.25) is 0 Å². The zero-order valence-corrected chi connectivity index (χ0v) is 12.3. The summed E-state index contributed by atoms with van der Waals surface area (Å²) in [6.07, 6.45) is 2.01. The van der Waals surface area contributed by atoms with Crippen molar-refractivity contribution in [1.82, 2.24) is 20.4 Å². The van der Waals surface area contributed by atoms with E-state index in [0.29, 0.717) is 18.3 Å². The summed E-state index contributed by atoms with van der Waals surface area (Å²) >= 11 is 0. The van der Waals surface area contributed by atoms with Gasteiger partial charge in [-0.15, -0.1) is 0 Å². The predicted octanol–water partition coefficient (Wildman–Crippen LogP) is 1.15. The number of carbonyl (C=O) groups is 1. The fraction of sp³-hybridized carbons (Fsp3) is 0.692. The molecule has 108 valence electrons. The number of nitrogens with one attached hydrogen (secondary N) is 2. The van der Waals surface area contributed by atoms with Crippen LogP contribution in [0.1, 0.15) is 42.9 Å². The minimum absolute atomic E-state index is 0.209. The van der Waals surface area contributed by atoms with Crippen LogP contribution in [0.25, 0.3) is 0 Å². The quantitative estimate of drug-likeness (QED) is 0.647. The Bertz CT molecular complexity index is 413. The first-order valence-corrected chi connectivity index (χ1v) is 6.72. The fourth-order valence-electron chi connectivity index (χ4n) is 1.64. The molecule has 0 saturated heterocycles. The topological polar surface area (TPSA) is 87.0 Å². The van der Waals surface area contributed by atoms with Crippen molar-refractivity contribution < 1.29 is 4.79 Å². The molecule has 19 heavy (non-hydrogen) atoms. The summed E-state index contributed by atoms with van der Waals surface area (Å²) in [5.41, 5.74) is 7.19. The van der Waals surface area contributed by atoms with Crippen molar-refractivity contribution in [3.8, 4) is 0 Å². The van der Waals surface area contributed by atoms with E-state index in [4.69, 9.17) is 5.73 Å². The highest BCUT2D eigenvalue weighted by Crippen LogP contribution is 2.11. The van der Waals surface area contributed by atoms with Gasteiger partial charge in [0.25, 0.3) is 5.91 Å². The molecule has 4 N–H and O–H groups in total. The first-order chi connectivity index (χ1) is 8.93. The summed E-state index contributed by atoms with van der Waals surface area (Å²) in [6, 6.07) is 0.557. The minimum Gasteiger partial charge on any atom is -0.395 e. The predicted molar refractivity (Wildman–Crippen MR) is 77.1 cm³/mol. The Hall–Kier alpha value is -1.56. The Morgan fingerprint density at radius 2 is 2.16 bits per heavy atom. The maximum absolute atomic E-state index is 11.8. The van der Waals surface area contributed by atoms with Crippen LogP contribution in [0.4, 0.5) is 5.69 Å². The monoisotopic (exact) mass is 267 g/mol. The van der Waals surface area contributed by atoms with Gasteiger partial charge in [0.05, 0.1) is 11.4 Å². The second-order valence-electron chi connectivity index (χ2n) is 5.15. The molecular weight excluding hydrogens is 242 g/mol. The lowest BCUT2D eigenvalue weighted by Crippen LogP contribution is -2.29. The lowest BCUT2D eigenvalue weighted by Gasteiger charge is -2.20. The SMILES string of the molecule is Cc1[nH]nc(C(=O)NCCCCN(C)C(C)C)c1N. The Morgan fingerprint density at radius 3 is 2.68 bits per heavy atom. The van der Waals surface area contributed by atoms with Crippen molar-refractivity contribution in [2.24, 2.45) is 0 Å². The van der Waals surface area contributed by atoms with Gasteiger partial charge in [-0.3, -0.25) is 9.89 Å². The van der Waals surface area contributed by atoms with Gasteiger partial charge in [-0.05, 0) is 47.2 Å². The number of unbranched alkanes of at least 4 members (excludes halogenated alkanes) is 1. The number of anilines is 1. The van der Waals surface area contributed by atoms with Crippen LogP contribution in [0, 0.1) is 6.92 Å². The zero-order valence-electron chi connectivity index (χ0n) is 12.3. The van der Waals surface area contributed by atoms with Crippen molar-refractivity contribution in [2.75, 3.05) is 25.9 Å². The molecule has 0 aromatic carbocycles. The lowest BCUT2D eigenvalue weighted by molar-refractivity contribution is 0.0948. The van der Waals surface area contributed by atoms with E-state index >= 15 is 0 Å². The Kier molecular flexibility index (Phi) is 5.82. The van der Waals surface area contributed by atoms with Crippen LogP contribution in [0.15, 0.2) is 0 Å². The summed E-state index contributed by atoms with van der Waals surface area (Å²) in [5.74, 6) is -0.209. The maximum atomic E-state index is 11.8. The molecule has 0 radical (unpaired) electrons. The Balaban J connectivity index is 2.23. The Labute approximate surface area is 114 Å². The van der Waals surface area contributed by atoms with E-state index in [-0.39, 0.29) is 11.6 Å². The summed E-state index contributed by atoms with van der Waals surface area (Å²) < 4.78 is 0. The smallest absolute Gasteiger partial charge is 0.273 e. The van der Waals surface area contributed by atoms with Crippen LogP contribution in [-0.4, -0.2) is 47.2 Å². The van der Waals surface area contributed by atoms with E-state index in [2.05, 4.69) is 41.3 Å². The van der Waals surface area contributed by atoms with E-state index in [9.17, 15) is 4.79 Å². The summed E-state index contributed by atoms with van der Waals surface area (Å²) in [7, 11) is 2.11. The van der Waals surface area contributed by atoms with Crippen molar-refractivity contribution in [1.29, 1.82) is 0 Å². The molecule has 1 aromatic heterocycles. The van der Waals surface area contributed by atoms with E-state index < -0.39 is 0 Å². The van der Waals surface area contributed by atoms with Crippen LogP contribution in [0.5, 0.6) is 0 Å². The van der Waals surface area contributed by atoms with Gasteiger partial charge in [-0.25, -0.2) is 0 Å². The molecule has 1 heterocycles. The second-order valence-corrected chi connectivity index (χ2v) is 5.15. The number of aryl methyl sites for hydroxylation is 1. The number of rotatable bonds is 7. The standard InChI is InChI=1S/C13H25N5O/c1-9(2)18(4)8-6-5-7-15-13(19)12-11(14)10(3)16-17-12/h9H,5-8,14H2,1-4H3,(H,15,19)(H,16,17). The summed E-state index contributed by atoms with van der Waals surface area (Å²) in [4.78, 5) is 14.1.